The van der Waals surface area contributed by atoms with E-state index in [-0.39, 0.29) is 11.5 Å². The van der Waals surface area contributed by atoms with Crippen molar-refractivity contribution in [2.45, 2.75) is 20.3 Å². The fourth-order valence-corrected chi connectivity index (χ4v) is 1.82. The molecule has 2 rings (SSSR count). The topological polar surface area (TPSA) is 107 Å². The summed E-state index contributed by atoms with van der Waals surface area (Å²) in [7, 11) is 0. The van der Waals surface area contributed by atoms with E-state index in [1.165, 1.54) is 0 Å². The zero-order valence-electron chi connectivity index (χ0n) is 12.2. The van der Waals surface area contributed by atoms with Crippen LogP contribution in [0.15, 0.2) is 29.1 Å². The molecule has 0 saturated carbocycles. The van der Waals surface area contributed by atoms with Crippen molar-refractivity contribution in [1.82, 2.24) is 9.97 Å². The molecule has 5 N–H and O–H groups in total. The van der Waals surface area contributed by atoms with Gasteiger partial charge in [0.05, 0.1) is 12.2 Å². The van der Waals surface area contributed by atoms with E-state index >= 15 is 0 Å². The first-order valence-corrected chi connectivity index (χ1v) is 6.86. The highest BCUT2D eigenvalue weighted by Gasteiger charge is 2.11. The Morgan fingerprint density at radius 2 is 2.00 bits per heavy atom. The first kappa shape index (κ1) is 14.9. The fraction of sp³-hybridized carbons (Fsp3) is 0.333. The van der Waals surface area contributed by atoms with Gasteiger partial charge in [0.2, 0.25) is 0 Å². The molecule has 0 saturated heterocycles. The van der Waals surface area contributed by atoms with Crippen LogP contribution in [0.1, 0.15) is 20.3 Å². The van der Waals surface area contributed by atoms with Gasteiger partial charge >= 0.3 is 0 Å². The van der Waals surface area contributed by atoms with Crippen LogP contribution in [-0.2, 0) is 0 Å². The summed E-state index contributed by atoms with van der Waals surface area (Å²) in [5.74, 6) is 1.59. The first-order valence-electron chi connectivity index (χ1n) is 6.86. The van der Waals surface area contributed by atoms with E-state index in [4.69, 9.17) is 16.2 Å². The van der Waals surface area contributed by atoms with Crippen LogP contribution in [0.3, 0.4) is 0 Å². The molecule has 0 amide bonds. The molecule has 21 heavy (non-hydrogen) atoms. The van der Waals surface area contributed by atoms with Crippen LogP contribution in [0, 0.1) is 5.92 Å². The van der Waals surface area contributed by atoms with Crippen molar-refractivity contribution in [3.05, 3.63) is 34.6 Å². The number of hydrogen-bond donors (Lipinski definition) is 3. The molecule has 0 atom stereocenters. The molecule has 0 radical (unpaired) electrons. The second-order valence-electron chi connectivity index (χ2n) is 5.24. The summed E-state index contributed by atoms with van der Waals surface area (Å²) in [6.07, 6.45) is 0.947. The zero-order valence-corrected chi connectivity index (χ0v) is 12.2. The molecule has 1 heterocycles. The molecular formula is C15H20N4O2. The summed E-state index contributed by atoms with van der Waals surface area (Å²) in [6.45, 7) is 4.87. The number of benzene rings is 1. The summed E-state index contributed by atoms with van der Waals surface area (Å²) < 4.78 is 5.78. The number of aromatic nitrogens is 2. The molecule has 6 nitrogen and oxygen atoms in total. The number of hydrogen-bond acceptors (Lipinski definition) is 5. The number of nitrogens with zero attached hydrogens (tertiary/aromatic N) is 1. The molecule has 0 aliphatic rings. The Morgan fingerprint density at radius 1 is 1.29 bits per heavy atom. The first-order chi connectivity index (χ1) is 9.99. The molecule has 0 unspecified atom stereocenters. The van der Waals surface area contributed by atoms with E-state index in [9.17, 15) is 4.79 Å². The maximum atomic E-state index is 11.7. The molecular weight excluding hydrogens is 268 g/mol. The van der Waals surface area contributed by atoms with Gasteiger partial charge in [0, 0.05) is 0 Å². The number of rotatable bonds is 5. The lowest BCUT2D eigenvalue weighted by Gasteiger charge is -2.12. The minimum atomic E-state index is -0.450. The average molecular weight is 288 g/mol. The van der Waals surface area contributed by atoms with Crippen LogP contribution in [0.4, 0.5) is 11.5 Å². The smallest absolute Gasteiger partial charge is 0.276 e. The second kappa shape index (κ2) is 6.30. The Balaban J connectivity index is 2.34. The van der Waals surface area contributed by atoms with Gasteiger partial charge in [-0.05, 0) is 24.5 Å². The summed E-state index contributed by atoms with van der Waals surface area (Å²) in [6, 6.07) is 7.37. The predicted molar refractivity (Wildman–Crippen MR) is 84.1 cm³/mol. The minimum absolute atomic E-state index is 0.0192. The molecule has 6 heteroatoms. The highest BCUT2D eigenvalue weighted by molar-refractivity contribution is 5.68. The van der Waals surface area contributed by atoms with Gasteiger partial charge in [0.1, 0.15) is 17.3 Å². The van der Waals surface area contributed by atoms with E-state index in [2.05, 4.69) is 23.8 Å². The van der Waals surface area contributed by atoms with Crippen molar-refractivity contribution in [3.8, 4) is 17.1 Å². The number of H-pyrrole nitrogens is 1. The van der Waals surface area contributed by atoms with Gasteiger partial charge in [-0.15, -0.1) is 0 Å². The maximum Gasteiger partial charge on any atom is 0.276 e. The number of anilines is 2. The number of nitrogen functional groups attached to an aromatic ring is 2. The van der Waals surface area contributed by atoms with Gasteiger partial charge in [-0.25, -0.2) is 4.98 Å². The summed E-state index contributed by atoms with van der Waals surface area (Å²) in [4.78, 5) is 18.5. The van der Waals surface area contributed by atoms with Crippen molar-refractivity contribution in [2.75, 3.05) is 18.1 Å². The van der Waals surface area contributed by atoms with E-state index < -0.39 is 5.56 Å². The van der Waals surface area contributed by atoms with Crippen LogP contribution < -0.4 is 21.8 Å². The molecule has 1 aromatic carbocycles. The van der Waals surface area contributed by atoms with Gasteiger partial charge < -0.3 is 21.2 Å². The number of nitrogens with two attached hydrogens (primary N) is 2. The van der Waals surface area contributed by atoms with E-state index in [0.29, 0.717) is 29.7 Å². The molecule has 0 aliphatic carbocycles. The largest absolute Gasteiger partial charge is 0.493 e. The lowest BCUT2D eigenvalue weighted by Crippen LogP contribution is -2.17. The SMILES string of the molecule is CC(C)CCOc1ccccc1-c1nc(N)c(N)c(=O)[nH]1. The third-order valence-corrected chi connectivity index (χ3v) is 3.08. The van der Waals surface area contributed by atoms with Crippen LogP contribution >= 0.6 is 0 Å². The minimum Gasteiger partial charge on any atom is -0.493 e. The van der Waals surface area contributed by atoms with Crippen molar-refractivity contribution < 1.29 is 4.74 Å². The van der Waals surface area contributed by atoms with E-state index in [1.54, 1.807) is 0 Å². The third kappa shape index (κ3) is 3.53. The summed E-state index contributed by atoms with van der Waals surface area (Å²) in [5, 5.41) is 0. The molecule has 0 spiro atoms. The normalized spacial score (nSPS) is 10.8. The van der Waals surface area contributed by atoms with Crippen LogP contribution in [0.25, 0.3) is 11.4 Å². The second-order valence-corrected chi connectivity index (χ2v) is 5.24. The molecule has 0 aliphatic heterocycles. The van der Waals surface area contributed by atoms with Gasteiger partial charge in [-0.1, -0.05) is 26.0 Å². The predicted octanol–water partition coefficient (Wildman–Crippen LogP) is 2.03. The Labute approximate surface area is 123 Å². The summed E-state index contributed by atoms with van der Waals surface area (Å²) in [5.41, 5.74) is 11.3. The third-order valence-electron chi connectivity index (χ3n) is 3.08. The van der Waals surface area contributed by atoms with Gasteiger partial charge in [0.25, 0.3) is 5.56 Å². The van der Waals surface area contributed by atoms with Crippen molar-refractivity contribution in [2.24, 2.45) is 5.92 Å². The highest BCUT2D eigenvalue weighted by Crippen LogP contribution is 2.27. The Kier molecular flexibility index (Phi) is 4.47. The van der Waals surface area contributed by atoms with Crippen LogP contribution in [0.2, 0.25) is 0 Å². The van der Waals surface area contributed by atoms with Crippen LogP contribution in [0.5, 0.6) is 5.75 Å². The highest BCUT2D eigenvalue weighted by atomic mass is 16.5. The molecule has 2 aromatic rings. The zero-order chi connectivity index (χ0) is 15.4. The maximum absolute atomic E-state index is 11.7. The molecule has 1 aromatic heterocycles. The Hall–Kier alpha value is -2.50. The molecule has 112 valence electrons. The van der Waals surface area contributed by atoms with E-state index in [1.807, 2.05) is 24.3 Å². The number of ether oxygens (including phenoxy) is 1. The fourth-order valence-electron chi connectivity index (χ4n) is 1.82. The van der Waals surface area contributed by atoms with Crippen molar-refractivity contribution in [3.63, 3.8) is 0 Å². The summed E-state index contributed by atoms with van der Waals surface area (Å²) >= 11 is 0. The molecule has 0 fully saturated rings. The average Bonchev–Trinajstić information content (AvgIpc) is 2.44. The monoisotopic (exact) mass is 288 g/mol. The lowest BCUT2D eigenvalue weighted by molar-refractivity contribution is 0.290. The molecule has 0 bridgehead atoms. The number of aromatic amines is 1. The quantitative estimate of drug-likeness (QED) is 0.780. The number of para-hydroxylation sites is 1. The van der Waals surface area contributed by atoms with Crippen LogP contribution in [-0.4, -0.2) is 16.6 Å². The Morgan fingerprint density at radius 3 is 2.67 bits per heavy atom. The van der Waals surface area contributed by atoms with Gasteiger partial charge in [0.15, 0.2) is 5.82 Å². The lowest BCUT2D eigenvalue weighted by atomic mass is 10.1. The van der Waals surface area contributed by atoms with Crippen molar-refractivity contribution >= 4 is 11.5 Å². The number of nitrogens with one attached hydrogen (secondary N) is 1. The van der Waals surface area contributed by atoms with Crippen molar-refractivity contribution in [1.29, 1.82) is 0 Å². The van der Waals surface area contributed by atoms with E-state index in [0.717, 1.165) is 6.42 Å². The van der Waals surface area contributed by atoms with Gasteiger partial charge in [-0.2, -0.15) is 0 Å². The standard InChI is InChI=1S/C15H20N4O2/c1-9(2)7-8-21-11-6-4-3-5-10(11)14-18-13(17)12(16)15(20)19-14/h3-6,9H,7-8,16H2,1-2H3,(H3,17,18,19,20). The Bertz CT molecular complexity index is 680. The van der Waals surface area contributed by atoms with Gasteiger partial charge in [-0.3, -0.25) is 4.79 Å².